The predicted molar refractivity (Wildman–Crippen MR) is 80.6 cm³/mol. The topological polar surface area (TPSA) is 90.6 Å². The van der Waals surface area contributed by atoms with E-state index in [-0.39, 0.29) is 17.2 Å². The first-order chi connectivity index (χ1) is 10.1. The second kappa shape index (κ2) is 4.90. The largest absolute Gasteiger partial charge is 0.318 e. The van der Waals surface area contributed by atoms with Gasteiger partial charge in [0.1, 0.15) is 5.69 Å². The first-order valence-electron chi connectivity index (χ1n) is 6.51. The normalized spacial score (nSPS) is 10.8. The summed E-state index contributed by atoms with van der Waals surface area (Å²) in [4.78, 5) is 26.9. The summed E-state index contributed by atoms with van der Waals surface area (Å²) < 4.78 is 0. The summed E-state index contributed by atoms with van der Waals surface area (Å²) in [6, 6.07) is 8.80. The van der Waals surface area contributed by atoms with Crippen molar-refractivity contribution >= 4 is 22.4 Å². The maximum atomic E-state index is 12.3. The van der Waals surface area contributed by atoms with E-state index in [1.165, 1.54) is 0 Å². The maximum Gasteiger partial charge on any atom is 0.272 e. The molecule has 3 aromatic rings. The molecule has 3 N–H and O–H groups in total. The van der Waals surface area contributed by atoms with E-state index in [1.54, 1.807) is 31.2 Å². The number of anilines is 1. The minimum Gasteiger partial charge on any atom is -0.318 e. The van der Waals surface area contributed by atoms with Gasteiger partial charge in [-0.05, 0) is 31.4 Å². The van der Waals surface area contributed by atoms with Gasteiger partial charge in [0.15, 0.2) is 0 Å². The highest BCUT2D eigenvalue weighted by molar-refractivity contribution is 6.05. The number of nitrogens with one attached hydrogen (secondary N) is 3. The van der Waals surface area contributed by atoms with Gasteiger partial charge < -0.3 is 10.3 Å². The van der Waals surface area contributed by atoms with E-state index in [4.69, 9.17) is 0 Å². The van der Waals surface area contributed by atoms with Crippen molar-refractivity contribution in [2.75, 3.05) is 5.32 Å². The molecule has 0 fully saturated rings. The number of aromatic nitrogens is 3. The van der Waals surface area contributed by atoms with Gasteiger partial charge in [-0.25, -0.2) is 0 Å². The lowest BCUT2D eigenvalue weighted by molar-refractivity contribution is 0.102. The number of amides is 1. The molecule has 6 nitrogen and oxygen atoms in total. The third kappa shape index (κ3) is 2.31. The summed E-state index contributed by atoms with van der Waals surface area (Å²) in [5.74, 6) is -0.370. The lowest BCUT2D eigenvalue weighted by Crippen LogP contribution is -2.19. The number of fused-ring (bicyclic) bond motifs is 1. The van der Waals surface area contributed by atoms with Gasteiger partial charge >= 0.3 is 0 Å². The number of pyridine rings is 1. The minimum atomic E-state index is -0.370. The Balaban J connectivity index is 2.01. The van der Waals surface area contributed by atoms with Crippen molar-refractivity contribution in [1.29, 1.82) is 0 Å². The first-order valence-corrected chi connectivity index (χ1v) is 6.51. The van der Waals surface area contributed by atoms with Gasteiger partial charge in [-0.15, -0.1) is 0 Å². The number of aryl methyl sites for hydroxylation is 2. The molecule has 0 bridgehead atoms. The molecule has 0 aliphatic rings. The fraction of sp³-hybridized carbons (Fsp3) is 0.133. The molecule has 0 radical (unpaired) electrons. The molecular weight excluding hydrogens is 268 g/mol. The van der Waals surface area contributed by atoms with Gasteiger partial charge in [-0.2, -0.15) is 5.10 Å². The maximum absolute atomic E-state index is 12.3. The van der Waals surface area contributed by atoms with E-state index in [9.17, 15) is 9.59 Å². The van der Waals surface area contributed by atoms with E-state index < -0.39 is 0 Å². The zero-order valence-corrected chi connectivity index (χ0v) is 11.7. The Hall–Kier alpha value is -2.89. The Morgan fingerprint density at radius 1 is 1.24 bits per heavy atom. The second-order valence-electron chi connectivity index (χ2n) is 4.86. The highest BCUT2D eigenvalue weighted by Gasteiger charge is 2.13. The quantitative estimate of drug-likeness (QED) is 0.672. The van der Waals surface area contributed by atoms with Gasteiger partial charge in [-0.3, -0.25) is 14.7 Å². The van der Waals surface area contributed by atoms with Crippen LogP contribution < -0.4 is 10.9 Å². The van der Waals surface area contributed by atoms with Crippen molar-refractivity contribution in [3.05, 3.63) is 57.8 Å². The van der Waals surface area contributed by atoms with Crippen LogP contribution in [0.2, 0.25) is 0 Å². The van der Waals surface area contributed by atoms with Crippen LogP contribution in [0.4, 0.5) is 5.69 Å². The SMILES string of the molecule is Cc1n[nH]c(C)c1NC(=O)c1cc2ccccc2c(=O)[nH]1. The molecule has 106 valence electrons. The van der Waals surface area contributed by atoms with Gasteiger partial charge in [0.25, 0.3) is 11.5 Å². The monoisotopic (exact) mass is 282 g/mol. The van der Waals surface area contributed by atoms with Crippen molar-refractivity contribution in [2.24, 2.45) is 0 Å². The number of H-pyrrole nitrogens is 2. The van der Waals surface area contributed by atoms with Crippen molar-refractivity contribution in [3.63, 3.8) is 0 Å². The molecule has 0 aliphatic carbocycles. The Kier molecular flexibility index (Phi) is 3.06. The average Bonchev–Trinajstić information content (AvgIpc) is 2.79. The van der Waals surface area contributed by atoms with Gasteiger partial charge in [-0.1, -0.05) is 18.2 Å². The van der Waals surface area contributed by atoms with Crippen LogP contribution in [0.15, 0.2) is 35.1 Å². The first kappa shape index (κ1) is 13.1. The summed E-state index contributed by atoms with van der Waals surface area (Å²) >= 11 is 0. The van der Waals surface area contributed by atoms with Crippen LogP contribution in [-0.4, -0.2) is 21.1 Å². The molecule has 0 unspecified atom stereocenters. The molecular formula is C15H14N4O2. The number of carbonyl (C=O) groups is 1. The molecule has 1 amide bonds. The average molecular weight is 282 g/mol. The van der Waals surface area contributed by atoms with Crippen LogP contribution in [-0.2, 0) is 0 Å². The van der Waals surface area contributed by atoms with Crippen LogP contribution in [0.25, 0.3) is 10.8 Å². The molecule has 6 heteroatoms. The fourth-order valence-corrected chi connectivity index (χ4v) is 2.25. The van der Waals surface area contributed by atoms with E-state index in [2.05, 4.69) is 20.5 Å². The Labute approximate surface area is 120 Å². The summed E-state index contributed by atoms with van der Waals surface area (Å²) in [6.07, 6.45) is 0. The number of aromatic amines is 2. The van der Waals surface area contributed by atoms with Gasteiger partial charge in [0, 0.05) is 5.39 Å². The number of rotatable bonds is 2. The molecule has 2 heterocycles. The lowest BCUT2D eigenvalue weighted by Gasteiger charge is -2.06. The van der Waals surface area contributed by atoms with Crippen LogP contribution >= 0.6 is 0 Å². The summed E-state index contributed by atoms with van der Waals surface area (Å²) in [7, 11) is 0. The van der Waals surface area contributed by atoms with Gasteiger partial charge in [0.2, 0.25) is 0 Å². The molecule has 21 heavy (non-hydrogen) atoms. The number of hydrogen-bond donors (Lipinski definition) is 3. The number of benzene rings is 1. The van der Waals surface area contributed by atoms with Crippen molar-refractivity contribution in [1.82, 2.24) is 15.2 Å². The molecule has 0 saturated heterocycles. The van der Waals surface area contributed by atoms with Crippen molar-refractivity contribution in [2.45, 2.75) is 13.8 Å². The fourth-order valence-electron chi connectivity index (χ4n) is 2.25. The summed E-state index contributed by atoms with van der Waals surface area (Å²) in [6.45, 7) is 3.61. The molecule has 2 aromatic heterocycles. The zero-order chi connectivity index (χ0) is 15.0. The third-order valence-corrected chi connectivity index (χ3v) is 3.36. The number of hydrogen-bond acceptors (Lipinski definition) is 3. The molecule has 0 spiro atoms. The van der Waals surface area contributed by atoms with Crippen LogP contribution in [0.1, 0.15) is 21.9 Å². The van der Waals surface area contributed by atoms with Crippen LogP contribution in [0, 0.1) is 13.8 Å². The lowest BCUT2D eigenvalue weighted by atomic mass is 10.1. The van der Waals surface area contributed by atoms with E-state index in [0.717, 1.165) is 11.1 Å². The zero-order valence-electron chi connectivity index (χ0n) is 11.7. The summed E-state index contributed by atoms with van der Waals surface area (Å²) in [5.41, 5.74) is 2.04. The predicted octanol–water partition coefficient (Wildman–Crippen LogP) is 2.12. The molecule has 3 rings (SSSR count). The van der Waals surface area contributed by atoms with Crippen LogP contribution in [0.5, 0.6) is 0 Å². The Bertz CT molecular complexity index is 873. The van der Waals surface area contributed by atoms with Crippen molar-refractivity contribution < 1.29 is 4.79 Å². The molecule has 1 aromatic carbocycles. The molecule has 0 saturated carbocycles. The van der Waals surface area contributed by atoms with E-state index in [0.29, 0.717) is 16.8 Å². The Morgan fingerprint density at radius 3 is 2.71 bits per heavy atom. The summed E-state index contributed by atoms with van der Waals surface area (Å²) in [5, 5.41) is 10.9. The third-order valence-electron chi connectivity index (χ3n) is 3.36. The van der Waals surface area contributed by atoms with Crippen LogP contribution in [0.3, 0.4) is 0 Å². The smallest absolute Gasteiger partial charge is 0.272 e. The van der Waals surface area contributed by atoms with E-state index in [1.807, 2.05) is 13.0 Å². The minimum absolute atomic E-state index is 0.221. The Morgan fingerprint density at radius 2 is 2.00 bits per heavy atom. The number of nitrogens with zero attached hydrogens (tertiary/aromatic N) is 1. The molecule has 0 atom stereocenters. The van der Waals surface area contributed by atoms with E-state index >= 15 is 0 Å². The van der Waals surface area contributed by atoms with Crippen molar-refractivity contribution in [3.8, 4) is 0 Å². The standard InChI is InChI=1S/C15H14N4O2/c1-8-13(9(2)19-18-8)17-15(21)12-7-10-5-3-4-6-11(10)14(20)16-12/h3-7H,1-2H3,(H,16,20)(H,17,21)(H,18,19). The number of carbonyl (C=O) groups excluding carboxylic acids is 1. The van der Waals surface area contributed by atoms with Gasteiger partial charge in [0.05, 0.1) is 17.1 Å². The second-order valence-corrected chi connectivity index (χ2v) is 4.86. The molecule has 0 aliphatic heterocycles. The highest BCUT2D eigenvalue weighted by Crippen LogP contribution is 2.17. The highest BCUT2D eigenvalue weighted by atomic mass is 16.2.